The largest absolute Gasteiger partial charge is 0.255 e. The zero-order valence-electron chi connectivity index (χ0n) is 26.3. The Morgan fingerprint density at radius 1 is 0.435 bits per heavy atom. The van der Waals surface area contributed by atoms with Crippen LogP contribution in [0.5, 0.6) is 0 Å². The molecule has 232 valence electrons. The van der Waals surface area contributed by atoms with E-state index in [2.05, 4.69) is 50.2 Å². The molecule has 0 saturated heterocycles. The average molecular weight is 713 g/mol. The molecule has 2 nitrogen and oxygen atoms in total. The molecule has 0 aliphatic carbocycles. The molecule has 0 bridgehead atoms. The molecule has 8 rings (SSSR count). The molecule has 8 aromatic rings. The van der Waals surface area contributed by atoms with Crippen molar-refractivity contribution in [3.63, 3.8) is 0 Å². The van der Waals surface area contributed by atoms with Gasteiger partial charge in [0, 0.05) is 32.7 Å². The molecule has 0 aliphatic rings. The van der Waals surface area contributed by atoms with Gasteiger partial charge in [-0.05, 0) is 62.1 Å². The van der Waals surface area contributed by atoms with Crippen LogP contribution in [0, 0.1) is 27.7 Å². The lowest BCUT2D eigenvalue weighted by Crippen LogP contribution is -1.97. The average Bonchev–Trinajstić information content (AvgIpc) is 3.76. The van der Waals surface area contributed by atoms with Crippen LogP contribution in [0.1, 0.15) is 22.3 Å². The normalized spacial score (nSPS) is 13.0. The van der Waals surface area contributed by atoms with Gasteiger partial charge in [0.05, 0.1) is 59.9 Å². The predicted molar refractivity (Wildman–Crippen MR) is 209 cm³/mol. The van der Waals surface area contributed by atoms with Crippen molar-refractivity contribution in [2.75, 3.05) is 12.5 Å². The summed E-state index contributed by atoms with van der Waals surface area (Å²) < 4.78 is 33.8. The van der Waals surface area contributed by atoms with Crippen molar-refractivity contribution in [1.29, 1.82) is 0 Å². The topological polar surface area (TPSA) is 34.1 Å². The minimum absolute atomic E-state index is 0.699. The first-order valence-corrected chi connectivity index (χ1v) is 21.2. The van der Waals surface area contributed by atoms with Crippen molar-refractivity contribution in [2.24, 2.45) is 0 Å². The molecule has 46 heavy (non-hydrogen) atoms. The molecular weight excluding hydrogens is 681 g/mol. The number of aryl methyl sites for hydroxylation is 4. The van der Waals surface area contributed by atoms with E-state index in [-0.39, 0.29) is 0 Å². The summed E-state index contributed by atoms with van der Waals surface area (Å²) >= 11 is 7.45. The molecule has 2 atom stereocenters. The van der Waals surface area contributed by atoms with E-state index in [4.69, 9.17) is 0 Å². The number of hydrogen-bond donors (Lipinski definition) is 0. The molecule has 4 aromatic heterocycles. The fourth-order valence-electron chi connectivity index (χ4n) is 5.68. The summed E-state index contributed by atoms with van der Waals surface area (Å²) in [6, 6.07) is 30.0. The van der Waals surface area contributed by atoms with Gasteiger partial charge in [-0.25, -0.2) is 0 Å². The highest BCUT2D eigenvalue weighted by Crippen LogP contribution is 2.50. The van der Waals surface area contributed by atoms with Crippen molar-refractivity contribution in [1.82, 2.24) is 0 Å². The van der Waals surface area contributed by atoms with Crippen LogP contribution in [-0.2, 0) is 21.6 Å². The SMILES string of the molecule is Cc1ccc(-c2sc(-c3ccc(C)cc3)c(S(C)=O)c2S(C)=O)cc1.Cc1ccc2c(c1)sc1c2sc2c3ccc(C)cc3sc21. The number of rotatable bonds is 4. The first kappa shape index (κ1) is 31.6. The second-order valence-electron chi connectivity index (χ2n) is 11.7. The van der Waals surface area contributed by atoms with Crippen molar-refractivity contribution >= 4 is 106 Å². The molecule has 4 aromatic carbocycles. The molecule has 0 radical (unpaired) electrons. The van der Waals surface area contributed by atoms with E-state index in [1.807, 2.05) is 96.4 Å². The summed E-state index contributed by atoms with van der Waals surface area (Å²) in [6.45, 7) is 8.43. The van der Waals surface area contributed by atoms with Gasteiger partial charge in [0.1, 0.15) is 0 Å². The van der Waals surface area contributed by atoms with Gasteiger partial charge in [-0.3, -0.25) is 8.42 Å². The van der Waals surface area contributed by atoms with Crippen molar-refractivity contribution in [3.05, 3.63) is 107 Å². The Labute approximate surface area is 290 Å². The lowest BCUT2D eigenvalue weighted by molar-refractivity contribution is 0.679. The highest BCUT2D eigenvalue weighted by Gasteiger charge is 2.25. The molecular formula is C38H32O2S6. The second kappa shape index (κ2) is 12.6. The minimum atomic E-state index is -1.22. The van der Waals surface area contributed by atoms with Crippen molar-refractivity contribution in [2.45, 2.75) is 37.5 Å². The summed E-state index contributed by atoms with van der Waals surface area (Å²) in [5.74, 6) is 0. The van der Waals surface area contributed by atoms with Crippen LogP contribution < -0.4 is 0 Å². The van der Waals surface area contributed by atoms with Crippen LogP contribution in [0.2, 0.25) is 0 Å². The van der Waals surface area contributed by atoms with E-state index in [0.717, 1.165) is 20.9 Å². The van der Waals surface area contributed by atoms with Gasteiger partial charge in [-0.1, -0.05) is 83.9 Å². The maximum absolute atomic E-state index is 12.5. The predicted octanol–water partition coefficient (Wildman–Crippen LogP) is 12.3. The molecule has 0 N–H and O–H groups in total. The molecule has 0 fully saturated rings. The first-order valence-electron chi connectivity index (χ1n) is 14.8. The van der Waals surface area contributed by atoms with E-state index in [1.165, 1.54) is 61.2 Å². The molecule has 0 aliphatic heterocycles. The highest BCUT2D eigenvalue weighted by atomic mass is 32.2. The molecule has 0 amide bonds. The number of benzene rings is 4. The fraction of sp³-hybridized carbons (Fsp3) is 0.158. The first-order chi connectivity index (χ1) is 22.1. The van der Waals surface area contributed by atoms with E-state index < -0.39 is 21.6 Å². The Morgan fingerprint density at radius 2 is 0.804 bits per heavy atom. The van der Waals surface area contributed by atoms with Gasteiger partial charge >= 0.3 is 0 Å². The van der Waals surface area contributed by atoms with Crippen molar-refractivity contribution in [3.8, 4) is 20.9 Å². The van der Waals surface area contributed by atoms with Gasteiger partial charge in [0.25, 0.3) is 0 Å². The monoisotopic (exact) mass is 712 g/mol. The third-order valence-electron chi connectivity index (χ3n) is 8.04. The number of fused-ring (bicyclic) bond motifs is 7. The van der Waals surface area contributed by atoms with Crippen LogP contribution in [-0.4, -0.2) is 20.9 Å². The number of hydrogen-bond acceptors (Lipinski definition) is 6. The van der Waals surface area contributed by atoms with Crippen molar-refractivity contribution < 1.29 is 8.42 Å². The quantitative estimate of drug-likeness (QED) is 0.182. The Kier molecular flexibility index (Phi) is 8.63. The molecule has 2 unspecified atom stereocenters. The summed E-state index contributed by atoms with van der Waals surface area (Å²) in [4.78, 5) is 3.29. The van der Waals surface area contributed by atoms with Gasteiger partial charge in [-0.15, -0.1) is 45.3 Å². The Bertz CT molecular complexity index is 2280. The Morgan fingerprint density at radius 3 is 1.17 bits per heavy atom. The smallest absolute Gasteiger partial charge is 0.0739 e. The van der Waals surface area contributed by atoms with E-state index in [9.17, 15) is 8.42 Å². The zero-order valence-corrected chi connectivity index (χ0v) is 31.2. The molecule has 8 heteroatoms. The Balaban J connectivity index is 0.000000149. The van der Waals surface area contributed by atoms with Crippen LogP contribution >= 0.6 is 45.3 Å². The number of thiophene rings is 4. The lowest BCUT2D eigenvalue weighted by Gasteiger charge is -2.05. The second-order valence-corrected chi connectivity index (χ2v) is 18.5. The van der Waals surface area contributed by atoms with E-state index in [1.54, 1.807) is 23.8 Å². The fourth-order valence-corrected chi connectivity index (χ4v) is 14.5. The maximum Gasteiger partial charge on any atom is 0.0739 e. The zero-order chi connectivity index (χ0) is 32.3. The molecule has 0 saturated carbocycles. The third-order valence-corrected chi connectivity index (χ3v) is 15.7. The standard InChI is InChI=1S/C20H20O2S3.C18H12S3/c1-13-5-9-15(10-6-13)17-19(24(3)21)20(25(4)22)18(23-17)16-11-7-14(2)8-12-16;1-9-3-5-11-13(7-9)19-17-15(11)21-16-12-6-4-10(2)8-14(12)20-18(16)17/h5-12H,1-4H3;3-8H,1-2H3. The maximum atomic E-state index is 12.5. The van der Waals surface area contributed by atoms with Crippen LogP contribution in [0.4, 0.5) is 0 Å². The van der Waals surface area contributed by atoms with Crippen LogP contribution in [0.15, 0.2) is 94.7 Å². The van der Waals surface area contributed by atoms with Crippen LogP contribution in [0.3, 0.4) is 0 Å². The van der Waals surface area contributed by atoms with Gasteiger partial charge in [-0.2, -0.15) is 0 Å². The van der Waals surface area contributed by atoms with Gasteiger partial charge < -0.3 is 0 Å². The summed E-state index contributed by atoms with van der Waals surface area (Å²) in [7, 11) is -2.44. The summed E-state index contributed by atoms with van der Waals surface area (Å²) in [5, 5.41) is 2.85. The van der Waals surface area contributed by atoms with E-state index >= 15 is 0 Å². The minimum Gasteiger partial charge on any atom is -0.255 e. The Hall–Kier alpha value is -2.98. The third kappa shape index (κ3) is 5.74. The van der Waals surface area contributed by atoms with Crippen LogP contribution in [0.25, 0.3) is 59.9 Å². The van der Waals surface area contributed by atoms with Gasteiger partial charge in [0.15, 0.2) is 0 Å². The van der Waals surface area contributed by atoms with Gasteiger partial charge in [0.2, 0.25) is 0 Å². The molecule has 0 spiro atoms. The summed E-state index contributed by atoms with van der Waals surface area (Å²) in [6.07, 6.45) is 3.32. The molecule has 4 heterocycles. The highest BCUT2D eigenvalue weighted by molar-refractivity contribution is 7.88. The summed E-state index contributed by atoms with van der Waals surface area (Å²) in [5.41, 5.74) is 7.09. The lowest BCUT2D eigenvalue weighted by atomic mass is 10.1. The van der Waals surface area contributed by atoms with E-state index in [0.29, 0.717) is 9.79 Å².